The van der Waals surface area contributed by atoms with Gasteiger partial charge in [-0.3, -0.25) is 4.79 Å². The Kier molecular flexibility index (Phi) is 4.26. The summed E-state index contributed by atoms with van der Waals surface area (Å²) in [6.07, 6.45) is 0. The number of carbonyl (C=O) groups excluding carboxylic acids is 1. The topological polar surface area (TPSA) is 55.1 Å². The summed E-state index contributed by atoms with van der Waals surface area (Å²) >= 11 is 7.88. The maximum atomic E-state index is 13.2. The molecule has 0 spiro atoms. The summed E-state index contributed by atoms with van der Waals surface area (Å²) in [5.41, 5.74) is 6.48. The molecule has 0 radical (unpaired) electrons. The fourth-order valence-corrected chi connectivity index (χ4v) is 2.54. The summed E-state index contributed by atoms with van der Waals surface area (Å²) in [6, 6.07) is 8.78. The van der Waals surface area contributed by atoms with Gasteiger partial charge in [0.2, 0.25) is 0 Å². The van der Waals surface area contributed by atoms with Crippen molar-refractivity contribution in [1.29, 1.82) is 0 Å². The molecule has 0 saturated heterocycles. The maximum Gasteiger partial charge on any atom is 0.255 e. The number of nitrogens with one attached hydrogen (secondary N) is 1. The molecule has 2 aromatic rings. The normalized spacial score (nSPS) is 10.3. The summed E-state index contributed by atoms with van der Waals surface area (Å²) in [7, 11) is 0. The molecule has 6 heteroatoms. The van der Waals surface area contributed by atoms with Crippen LogP contribution in [0, 0.1) is 9.39 Å². The van der Waals surface area contributed by atoms with Gasteiger partial charge in [-0.15, -0.1) is 0 Å². The van der Waals surface area contributed by atoms with E-state index in [-0.39, 0.29) is 11.3 Å². The lowest BCUT2D eigenvalue weighted by molar-refractivity contribution is 0.102. The minimum absolute atomic E-state index is 0.170. The Balaban J connectivity index is 2.25. The predicted octanol–water partition coefficient (Wildman–Crippen LogP) is 3.92. The van der Waals surface area contributed by atoms with Crippen molar-refractivity contribution >= 4 is 51.5 Å². The number of halogens is 3. The van der Waals surface area contributed by atoms with Gasteiger partial charge < -0.3 is 11.1 Å². The molecule has 0 aliphatic heterocycles. The molecule has 0 unspecified atom stereocenters. The minimum atomic E-state index is -0.545. The van der Waals surface area contributed by atoms with Crippen molar-refractivity contribution in [3.63, 3.8) is 0 Å². The Morgan fingerprint density at radius 2 is 2.00 bits per heavy atom. The molecule has 2 rings (SSSR count). The number of hydrogen-bond donors (Lipinski definition) is 2. The van der Waals surface area contributed by atoms with E-state index in [1.165, 1.54) is 6.07 Å². The highest BCUT2D eigenvalue weighted by atomic mass is 127. The molecule has 0 aliphatic carbocycles. The number of amides is 1. The van der Waals surface area contributed by atoms with Crippen molar-refractivity contribution in [2.24, 2.45) is 0 Å². The van der Waals surface area contributed by atoms with E-state index in [1.807, 2.05) is 0 Å². The molecule has 0 aromatic heterocycles. The minimum Gasteiger partial charge on any atom is -0.399 e. The van der Waals surface area contributed by atoms with Crippen LogP contribution < -0.4 is 11.1 Å². The van der Waals surface area contributed by atoms with Crippen molar-refractivity contribution in [2.75, 3.05) is 11.1 Å². The predicted molar refractivity (Wildman–Crippen MR) is 82.9 cm³/mol. The molecule has 0 atom stereocenters. The average Bonchev–Trinajstić information content (AvgIpc) is 2.31. The zero-order valence-corrected chi connectivity index (χ0v) is 12.5. The SMILES string of the molecule is Nc1cc(F)cc(C(=O)Nc2ccc(Cl)cc2I)c1. The van der Waals surface area contributed by atoms with Gasteiger partial charge in [0.25, 0.3) is 5.91 Å². The average molecular weight is 391 g/mol. The largest absolute Gasteiger partial charge is 0.399 e. The van der Waals surface area contributed by atoms with Crippen LogP contribution in [0.15, 0.2) is 36.4 Å². The Labute approximate surface area is 128 Å². The first kappa shape index (κ1) is 14.1. The van der Waals surface area contributed by atoms with Gasteiger partial charge in [0.15, 0.2) is 0 Å². The van der Waals surface area contributed by atoms with Gasteiger partial charge in [0, 0.05) is 19.8 Å². The maximum absolute atomic E-state index is 13.2. The number of anilines is 2. The van der Waals surface area contributed by atoms with Crippen molar-refractivity contribution in [3.8, 4) is 0 Å². The van der Waals surface area contributed by atoms with Crippen molar-refractivity contribution < 1.29 is 9.18 Å². The van der Waals surface area contributed by atoms with E-state index in [0.717, 1.165) is 15.7 Å². The lowest BCUT2D eigenvalue weighted by atomic mass is 10.2. The molecule has 0 bridgehead atoms. The Hall–Kier alpha value is -1.34. The second-order valence-electron chi connectivity index (χ2n) is 3.85. The smallest absolute Gasteiger partial charge is 0.255 e. The van der Waals surface area contributed by atoms with Crippen molar-refractivity contribution in [2.45, 2.75) is 0 Å². The summed E-state index contributed by atoms with van der Waals surface area (Å²) in [5.74, 6) is -0.970. The van der Waals surface area contributed by atoms with E-state index in [9.17, 15) is 9.18 Å². The lowest BCUT2D eigenvalue weighted by Crippen LogP contribution is -2.13. The third-order valence-corrected chi connectivity index (χ3v) is 3.49. The number of nitrogen functional groups attached to an aromatic ring is 1. The molecular weight excluding hydrogens is 382 g/mol. The molecule has 3 N–H and O–H groups in total. The van der Waals surface area contributed by atoms with E-state index in [1.54, 1.807) is 18.2 Å². The van der Waals surface area contributed by atoms with Crippen LogP contribution in [-0.2, 0) is 0 Å². The van der Waals surface area contributed by atoms with Gasteiger partial charge in [0.05, 0.1) is 5.69 Å². The summed E-state index contributed by atoms with van der Waals surface area (Å²) in [4.78, 5) is 12.0. The van der Waals surface area contributed by atoms with Gasteiger partial charge >= 0.3 is 0 Å². The first-order valence-electron chi connectivity index (χ1n) is 5.28. The second-order valence-corrected chi connectivity index (χ2v) is 5.45. The molecule has 1 amide bonds. The van der Waals surface area contributed by atoms with Gasteiger partial charge in [-0.25, -0.2) is 4.39 Å². The number of rotatable bonds is 2. The van der Waals surface area contributed by atoms with Crippen molar-refractivity contribution in [1.82, 2.24) is 0 Å². The van der Waals surface area contributed by atoms with Crippen LogP contribution in [-0.4, -0.2) is 5.91 Å². The summed E-state index contributed by atoms with van der Waals surface area (Å²) in [6.45, 7) is 0. The van der Waals surface area contributed by atoms with Crippen molar-refractivity contribution in [3.05, 3.63) is 56.4 Å². The quantitative estimate of drug-likeness (QED) is 0.603. The van der Waals surface area contributed by atoms with E-state index < -0.39 is 11.7 Å². The second kappa shape index (κ2) is 5.75. The molecule has 19 heavy (non-hydrogen) atoms. The van der Waals surface area contributed by atoms with E-state index in [0.29, 0.717) is 10.7 Å². The van der Waals surface area contributed by atoms with Crippen LogP contribution in [0.5, 0.6) is 0 Å². The first-order valence-corrected chi connectivity index (χ1v) is 6.74. The van der Waals surface area contributed by atoms with Crippen LogP contribution in [0.25, 0.3) is 0 Å². The zero-order chi connectivity index (χ0) is 14.0. The van der Waals surface area contributed by atoms with Gasteiger partial charge in [-0.1, -0.05) is 11.6 Å². The van der Waals surface area contributed by atoms with E-state index in [2.05, 4.69) is 27.9 Å². The lowest BCUT2D eigenvalue weighted by Gasteiger charge is -2.08. The number of hydrogen-bond acceptors (Lipinski definition) is 2. The highest BCUT2D eigenvalue weighted by Gasteiger charge is 2.10. The van der Waals surface area contributed by atoms with Crippen LogP contribution in [0.1, 0.15) is 10.4 Å². The highest BCUT2D eigenvalue weighted by molar-refractivity contribution is 14.1. The molecule has 0 fully saturated rings. The van der Waals surface area contributed by atoms with E-state index >= 15 is 0 Å². The Morgan fingerprint density at radius 1 is 1.26 bits per heavy atom. The standard InChI is InChI=1S/C13H9ClFIN2O/c14-8-1-2-12(11(16)5-8)18-13(19)7-3-9(15)6-10(17)4-7/h1-6H,17H2,(H,18,19). The molecule has 98 valence electrons. The molecule has 2 aromatic carbocycles. The van der Waals surface area contributed by atoms with Crippen LogP contribution in [0.2, 0.25) is 5.02 Å². The van der Waals surface area contributed by atoms with Gasteiger partial charge in [-0.2, -0.15) is 0 Å². The third kappa shape index (κ3) is 3.57. The van der Waals surface area contributed by atoms with Gasteiger partial charge in [0.1, 0.15) is 5.82 Å². The first-order chi connectivity index (χ1) is 8.95. The Bertz CT molecular complexity index is 628. The van der Waals surface area contributed by atoms with Crippen LogP contribution in [0.4, 0.5) is 15.8 Å². The monoisotopic (exact) mass is 390 g/mol. The fraction of sp³-hybridized carbons (Fsp3) is 0. The van der Waals surface area contributed by atoms with Crippen LogP contribution >= 0.6 is 34.2 Å². The summed E-state index contributed by atoms with van der Waals surface area (Å²) < 4.78 is 14.0. The molecule has 0 aliphatic rings. The Morgan fingerprint density at radius 3 is 2.63 bits per heavy atom. The number of nitrogens with two attached hydrogens (primary N) is 1. The molecular formula is C13H9ClFIN2O. The molecule has 3 nitrogen and oxygen atoms in total. The van der Waals surface area contributed by atoms with E-state index in [4.69, 9.17) is 17.3 Å². The molecule has 0 heterocycles. The van der Waals surface area contributed by atoms with Crippen LogP contribution in [0.3, 0.4) is 0 Å². The summed E-state index contributed by atoms with van der Waals surface area (Å²) in [5, 5.41) is 3.26. The van der Waals surface area contributed by atoms with Gasteiger partial charge in [-0.05, 0) is 59.0 Å². The highest BCUT2D eigenvalue weighted by Crippen LogP contribution is 2.23. The molecule has 0 saturated carbocycles. The fourth-order valence-electron chi connectivity index (χ4n) is 1.53. The zero-order valence-electron chi connectivity index (χ0n) is 9.58. The third-order valence-electron chi connectivity index (χ3n) is 2.36. The number of benzene rings is 2. The number of carbonyl (C=O) groups is 1.